The Bertz CT molecular complexity index is 899. The Morgan fingerprint density at radius 1 is 1.33 bits per heavy atom. The highest BCUT2D eigenvalue weighted by atomic mass is 16.3. The minimum atomic E-state index is -0.984. The summed E-state index contributed by atoms with van der Waals surface area (Å²) in [5.41, 5.74) is 1.27. The molecule has 6 heteroatoms. The van der Waals surface area contributed by atoms with Crippen molar-refractivity contribution in [3.63, 3.8) is 0 Å². The fourth-order valence-electron chi connectivity index (χ4n) is 4.45. The monoisotopic (exact) mass is 366 g/mol. The Labute approximate surface area is 159 Å². The van der Waals surface area contributed by atoms with Gasteiger partial charge in [0, 0.05) is 6.04 Å². The van der Waals surface area contributed by atoms with Gasteiger partial charge < -0.3 is 9.67 Å². The molecule has 2 saturated carbocycles. The van der Waals surface area contributed by atoms with Gasteiger partial charge in [0.1, 0.15) is 0 Å². The van der Waals surface area contributed by atoms with E-state index in [1.807, 2.05) is 12.1 Å². The van der Waals surface area contributed by atoms with Gasteiger partial charge in [0.25, 0.3) is 0 Å². The van der Waals surface area contributed by atoms with E-state index in [1.165, 1.54) is 0 Å². The van der Waals surface area contributed by atoms with Gasteiger partial charge in [0.2, 0.25) is 11.9 Å². The van der Waals surface area contributed by atoms with Gasteiger partial charge in [-0.15, -0.1) is 0 Å². The zero-order valence-corrected chi connectivity index (χ0v) is 15.7. The lowest BCUT2D eigenvalue weighted by Crippen LogP contribution is -2.37. The molecule has 0 spiro atoms. The summed E-state index contributed by atoms with van der Waals surface area (Å²) >= 11 is 0. The molecule has 1 amide bonds. The average molecular weight is 366 g/mol. The highest BCUT2D eigenvalue weighted by molar-refractivity contribution is 5.92. The molecule has 0 aliphatic heterocycles. The van der Waals surface area contributed by atoms with Crippen LogP contribution in [0.25, 0.3) is 11.0 Å². The van der Waals surface area contributed by atoms with Crippen molar-refractivity contribution >= 4 is 22.9 Å². The predicted octanol–water partition coefficient (Wildman–Crippen LogP) is 3.90. The molecule has 6 nitrogen and oxygen atoms in total. The number of benzene rings is 1. The summed E-state index contributed by atoms with van der Waals surface area (Å²) in [4.78, 5) is 17.3. The van der Waals surface area contributed by atoms with Gasteiger partial charge >= 0.3 is 0 Å². The maximum absolute atomic E-state index is 12.7. The number of amides is 1. The van der Waals surface area contributed by atoms with Crippen molar-refractivity contribution in [3.8, 4) is 6.07 Å². The largest absolute Gasteiger partial charge is 0.389 e. The quantitative estimate of drug-likeness (QED) is 0.839. The second-order valence-corrected chi connectivity index (χ2v) is 8.27. The summed E-state index contributed by atoms with van der Waals surface area (Å²) in [5.74, 6) is 0.507. The van der Waals surface area contributed by atoms with Crippen LogP contribution in [0.2, 0.25) is 0 Å². The maximum Gasteiger partial charge on any atom is 0.229 e. The molecule has 4 rings (SSSR count). The molecule has 1 aromatic heterocycles. The smallest absolute Gasteiger partial charge is 0.229 e. The Hall–Kier alpha value is -2.39. The van der Waals surface area contributed by atoms with Crippen LogP contribution >= 0.6 is 0 Å². The predicted molar refractivity (Wildman–Crippen MR) is 103 cm³/mol. The number of anilines is 1. The van der Waals surface area contributed by atoms with Gasteiger partial charge in [-0.1, -0.05) is 12.8 Å². The Morgan fingerprint density at radius 3 is 2.70 bits per heavy atom. The maximum atomic E-state index is 12.7. The molecule has 0 saturated heterocycles. The average Bonchev–Trinajstić information content (AvgIpc) is 3.22. The molecule has 2 fully saturated rings. The summed E-state index contributed by atoms with van der Waals surface area (Å²) in [6.45, 7) is 1.77. The lowest BCUT2D eigenvalue weighted by molar-refractivity contribution is -0.122. The first kappa shape index (κ1) is 18.0. The van der Waals surface area contributed by atoms with E-state index in [0.717, 1.165) is 56.0 Å². The van der Waals surface area contributed by atoms with Gasteiger partial charge in [-0.25, -0.2) is 4.98 Å². The lowest BCUT2D eigenvalue weighted by Gasteiger charge is -2.31. The van der Waals surface area contributed by atoms with Crippen LogP contribution in [0.5, 0.6) is 0 Å². The number of rotatable bonds is 5. The molecule has 0 radical (unpaired) electrons. The summed E-state index contributed by atoms with van der Waals surface area (Å²) in [6.07, 6.45) is 7.55. The number of nitriles is 1. The number of nitrogens with zero attached hydrogens (tertiary/aromatic N) is 3. The van der Waals surface area contributed by atoms with E-state index in [1.54, 1.807) is 13.0 Å². The minimum absolute atomic E-state index is 0.0784. The molecule has 2 N–H and O–H groups in total. The van der Waals surface area contributed by atoms with Gasteiger partial charge in [-0.3, -0.25) is 10.1 Å². The van der Waals surface area contributed by atoms with Gasteiger partial charge in [-0.05, 0) is 63.1 Å². The third-order valence-corrected chi connectivity index (χ3v) is 6.26. The molecule has 0 bridgehead atoms. The van der Waals surface area contributed by atoms with Gasteiger partial charge in [0.15, 0.2) is 0 Å². The zero-order chi connectivity index (χ0) is 19.0. The van der Waals surface area contributed by atoms with Gasteiger partial charge in [0.05, 0.1) is 34.7 Å². The summed E-state index contributed by atoms with van der Waals surface area (Å²) in [5, 5.41) is 22.9. The Kier molecular flexibility index (Phi) is 4.65. The number of carbonyl (C=O) groups excluding carboxylic acids is 1. The van der Waals surface area contributed by atoms with Crippen LogP contribution in [0.1, 0.15) is 69.9 Å². The number of imidazole rings is 1. The molecule has 1 heterocycles. The van der Waals surface area contributed by atoms with Crippen molar-refractivity contribution in [1.29, 1.82) is 5.26 Å². The molecule has 27 heavy (non-hydrogen) atoms. The van der Waals surface area contributed by atoms with E-state index in [2.05, 4.69) is 20.9 Å². The zero-order valence-electron chi connectivity index (χ0n) is 15.7. The van der Waals surface area contributed by atoms with Gasteiger partial charge in [-0.2, -0.15) is 5.26 Å². The summed E-state index contributed by atoms with van der Waals surface area (Å²) in [6, 6.07) is 7.88. The molecule has 2 aliphatic carbocycles. The molecular formula is C21H26N4O2. The van der Waals surface area contributed by atoms with Crippen LogP contribution in [0.15, 0.2) is 18.2 Å². The fraction of sp³-hybridized carbons (Fsp3) is 0.571. The minimum Gasteiger partial charge on any atom is -0.389 e. The molecule has 2 aliphatic rings. The van der Waals surface area contributed by atoms with E-state index in [-0.39, 0.29) is 18.2 Å². The standard InChI is InChI=1S/C21H26N4O2/c1-21(27,15-5-2-3-6-15)12-19(26)24-20-23-17-10-9-14(13-22)11-18(17)25(20)16-7-4-8-16/h9-11,15-16,27H,2-8,12H2,1H3,(H,23,24,26). The molecule has 142 valence electrons. The molecular weight excluding hydrogens is 340 g/mol. The number of nitrogens with one attached hydrogen (secondary N) is 1. The van der Waals surface area contributed by atoms with E-state index in [4.69, 9.17) is 0 Å². The first-order valence-electron chi connectivity index (χ1n) is 9.92. The number of aliphatic hydroxyl groups is 1. The van der Waals surface area contributed by atoms with E-state index < -0.39 is 5.60 Å². The number of carbonyl (C=O) groups is 1. The molecule has 1 aromatic carbocycles. The van der Waals surface area contributed by atoms with Crippen molar-refractivity contribution in [2.24, 2.45) is 5.92 Å². The molecule has 1 unspecified atom stereocenters. The first-order chi connectivity index (χ1) is 13.0. The topological polar surface area (TPSA) is 90.9 Å². The van der Waals surface area contributed by atoms with E-state index in [9.17, 15) is 15.2 Å². The van der Waals surface area contributed by atoms with Crippen LogP contribution in [0.3, 0.4) is 0 Å². The van der Waals surface area contributed by atoms with Crippen molar-refractivity contribution in [2.75, 3.05) is 5.32 Å². The molecule has 1 atom stereocenters. The van der Waals surface area contributed by atoms with E-state index >= 15 is 0 Å². The fourth-order valence-corrected chi connectivity index (χ4v) is 4.45. The Balaban J connectivity index is 1.59. The van der Waals surface area contributed by atoms with Crippen LogP contribution < -0.4 is 5.32 Å². The highest BCUT2D eigenvalue weighted by Gasteiger charge is 2.36. The second-order valence-electron chi connectivity index (χ2n) is 8.27. The number of hydrogen-bond donors (Lipinski definition) is 2. The summed E-state index contributed by atoms with van der Waals surface area (Å²) in [7, 11) is 0. The number of fused-ring (bicyclic) bond motifs is 1. The first-order valence-corrected chi connectivity index (χ1v) is 9.92. The van der Waals surface area contributed by atoms with Crippen molar-refractivity contribution in [1.82, 2.24) is 9.55 Å². The van der Waals surface area contributed by atoms with Crippen LogP contribution in [0.4, 0.5) is 5.95 Å². The van der Waals surface area contributed by atoms with Crippen molar-refractivity contribution < 1.29 is 9.90 Å². The third kappa shape index (κ3) is 3.44. The van der Waals surface area contributed by atoms with Crippen molar-refractivity contribution in [2.45, 2.75) is 69.9 Å². The van der Waals surface area contributed by atoms with Crippen LogP contribution in [-0.2, 0) is 4.79 Å². The third-order valence-electron chi connectivity index (χ3n) is 6.26. The summed E-state index contributed by atoms with van der Waals surface area (Å²) < 4.78 is 2.06. The highest BCUT2D eigenvalue weighted by Crippen LogP contribution is 2.38. The van der Waals surface area contributed by atoms with Crippen LogP contribution in [0, 0.1) is 17.2 Å². The normalized spacial score (nSPS) is 20.2. The molecule has 2 aromatic rings. The van der Waals surface area contributed by atoms with E-state index in [0.29, 0.717) is 17.6 Å². The van der Waals surface area contributed by atoms with Crippen molar-refractivity contribution in [3.05, 3.63) is 23.8 Å². The number of hydrogen-bond acceptors (Lipinski definition) is 4. The Morgan fingerprint density at radius 2 is 2.07 bits per heavy atom. The lowest BCUT2D eigenvalue weighted by atomic mass is 9.85. The number of aromatic nitrogens is 2. The SMILES string of the molecule is CC(O)(CC(=O)Nc1nc2ccc(C#N)cc2n1C1CCC1)C1CCCC1. The second kappa shape index (κ2) is 6.97. The van der Waals surface area contributed by atoms with Crippen LogP contribution in [-0.4, -0.2) is 26.2 Å².